The maximum absolute atomic E-state index is 7.55. The fraction of sp³-hybridized carbons (Fsp3) is 0.235. The smallest absolute Gasteiger partial charge is 0.122 e. The summed E-state index contributed by atoms with van der Waals surface area (Å²) < 4.78 is 5.40. The SMILES string of the molecule is COc1ccc(C(=N)N)cc1CSc1cc(C)ccc1C. The zero-order chi connectivity index (χ0) is 15.4. The second-order valence-corrected chi connectivity index (χ2v) is 6.02. The Kier molecular flexibility index (Phi) is 4.91. The molecule has 0 amide bonds. The number of aryl methyl sites for hydroxylation is 2. The van der Waals surface area contributed by atoms with Gasteiger partial charge >= 0.3 is 0 Å². The van der Waals surface area contributed by atoms with Crippen molar-refractivity contribution < 1.29 is 4.74 Å². The molecule has 4 heteroatoms. The quantitative estimate of drug-likeness (QED) is 0.500. The molecule has 3 N–H and O–H groups in total. The minimum atomic E-state index is 0.0793. The minimum Gasteiger partial charge on any atom is -0.496 e. The Morgan fingerprint density at radius 3 is 2.62 bits per heavy atom. The second kappa shape index (κ2) is 6.68. The van der Waals surface area contributed by atoms with E-state index in [1.807, 2.05) is 18.2 Å². The van der Waals surface area contributed by atoms with Gasteiger partial charge in [-0.15, -0.1) is 11.8 Å². The van der Waals surface area contributed by atoms with Crippen LogP contribution in [0.4, 0.5) is 0 Å². The Labute approximate surface area is 130 Å². The Bertz CT molecular complexity index is 668. The minimum absolute atomic E-state index is 0.0793. The summed E-state index contributed by atoms with van der Waals surface area (Å²) in [5.74, 6) is 1.70. The lowest BCUT2D eigenvalue weighted by Crippen LogP contribution is -2.11. The highest BCUT2D eigenvalue weighted by Crippen LogP contribution is 2.31. The third kappa shape index (κ3) is 3.79. The summed E-state index contributed by atoms with van der Waals surface area (Å²) in [6.45, 7) is 4.21. The van der Waals surface area contributed by atoms with E-state index in [2.05, 4.69) is 32.0 Å². The van der Waals surface area contributed by atoms with E-state index < -0.39 is 0 Å². The Balaban J connectivity index is 2.24. The lowest BCUT2D eigenvalue weighted by molar-refractivity contribution is 0.411. The Morgan fingerprint density at radius 1 is 1.19 bits per heavy atom. The molecule has 0 bridgehead atoms. The number of hydrogen-bond donors (Lipinski definition) is 2. The average Bonchev–Trinajstić information content (AvgIpc) is 2.47. The van der Waals surface area contributed by atoms with Crippen molar-refractivity contribution in [1.29, 1.82) is 5.41 Å². The molecule has 0 radical (unpaired) electrons. The molecule has 110 valence electrons. The number of amidine groups is 1. The van der Waals surface area contributed by atoms with Gasteiger partial charge in [0.15, 0.2) is 0 Å². The number of benzene rings is 2. The second-order valence-electron chi connectivity index (χ2n) is 5.00. The van der Waals surface area contributed by atoms with Crippen molar-refractivity contribution in [2.24, 2.45) is 5.73 Å². The van der Waals surface area contributed by atoms with Gasteiger partial charge in [-0.3, -0.25) is 5.41 Å². The largest absolute Gasteiger partial charge is 0.496 e. The number of ether oxygens (including phenoxy) is 1. The highest BCUT2D eigenvalue weighted by Gasteiger charge is 2.08. The van der Waals surface area contributed by atoms with Gasteiger partial charge in [0.2, 0.25) is 0 Å². The van der Waals surface area contributed by atoms with Gasteiger partial charge in [-0.1, -0.05) is 17.7 Å². The lowest BCUT2D eigenvalue weighted by Gasteiger charge is -2.11. The molecule has 0 atom stereocenters. The van der Waals surface area contributed by atoms with Gasteiger partial charge in [-0.05, 0) is 43.7 Å². The van der Waals surface area contributed by atoms with Crippen LogP contribution in [0.15, 0.2) is 41.3 Å². The van der Waals surface area contributed by atoms with Crippen LogP contribution in [0.25, 0.3) is 0 Å². The summed E-state index contributed by atoms with van der Waals surface area (Å²) in [5, 5.41) is 7.55. The number of methoxy groups -OCH3 is 1. The summed E-state index contributed by atoms with van der Waals surface area (Å²) in [6.07, 6.45) is 0. The first-order chi connectivity index (χ1) is 10.0. The van der Waals surface area contributed by atoms with Gasteiger partial charge in [-0.2, -0.15) is 0 Å². The van der Waals surface area contributed by atoms with Gasteiger partial charge in [0, 0.05) is 21.8 Å². The number of nitrogens with one attached hydrogen (secondary N) is 1. The third-order valence-corrected chi connectivity index (χ3v) is 4.52. The molecule has 2 aromatic rings. The van der Waals surface area contributed by atoms with Crippen molar-refractivity contribution in [3.05, 3.63) is 58.7 Å². The first kappa shape index (κ1) is 15.4. The molecule has 0 saturated carbocycles. The van der Waals surface area contributed by atoms with E-state index in [-0.39, 0.29) is 5.84 Å². The molecular weight excluding hydrogens is 280 g/mol. The summed E-state index contributed by atoms with van der Waals surface area (Å²) in [7, 11) is 1.66. The monoisotopic (exact) mass is 300 g/mol. The van der Waals surface area contributed by atoms with Gasteiger partial charge in [0.1, 0.15) is 11.6 Å². The van der Waals surface area contributed by atoms with E-state index in [1.54, 1.807) is 18.9 Å². The predicted octanol–water partition coefficient (Wildman–Crippen LogP) is 3.89. The predicted molar refractivity (Wildman–Crippen MR) is 89.5 cm³/mol. The van der Waals surface area contributed by atoms with Crippen LogP contribution in [0.1, 0.15) is 22.3 Å². The molecule has 0 aliphatic carbocycles. The fourth-order valence-electron chi connectivity index (χ4n) is 2.08. The van der Waals surface area contributed by atoms with Crippen molar-refractivity contribution in [3.8, 4) is 5.75 Å². The van der Waals surface area contributed by atoms with Crippen molar-refractivity contribution in [2.75, 3.05) is 7.11 Å². The van der Waals surface area contributed by atoms with Crippen LogP contribution in [-0.4, -0.2) is 12.9 Å². The fourth-order valence-corrected chi connectivity index (χ4v) is 3.18. The molecule has 2 aromatic carbocycles. The van der Waals surface area contributed by atoms with Crippen LogP contribution in [0.3, 0.4) is 0 Å². The van der Waals surface area contributed by atoms with Gasteiger partial charge in [-0.25, -0.2) is 0 Å². The average molecular weight is 300 g/mol. The highest BCUT2D eigenvalue weighted by molar-refractivity contribution is 7.98. The van der Waals surface area contributed by atoms with E-state index >= 15 is 0 Å². The van der Waals surface area contributed by atoms with Gasteiger partial charge in [0.05, 0.1) is 7.11 Å². The molecule has 3 nitrogen and oxygen atoms in total. The number of hydrogen-bond acceptors (Lipinski definition) is 3. The molecular formula is C17H20N2OS. The molecule has 0 aliphatic heterocycles. The molecule has 0 spiro atoms. The standard InChI is InChI=1S/C17H20N2OS/c1-11-4-5-12(2)16(8-11)21-10-14-9-13(17(18)19)6-7-15(14)20-3/h4-9H,10H2,1-3H3,(H3,18,19). The molecule has 0 fully saturated rings. The molecule has 0 aromatic heterocycles. The summed E-state index contributed by atoms with van der Waals surface area (Å²) >= 11 is 1.77. The molecule has 0 saturated heterocycles. The third-order valence-electron chi connectivity index (χ3n) is 3.32. The van der Waals surface area contributed by atoms with E-state index in [1.165, 1.54) is 16.0 Å². The molecule has 0 heterocycles. The number of rotatable bonds is 5. The van der Waals surface area contributed by atoms with Crippen molar-refractivity contribution in [1.82, 2.24) is 0 Å². The van der Waals surface area contributed by atoms with Gasteiger partial charge < -0.3 is 10.5 Å². The normalized spacial score (nSPS) is 10.4. The van der Waals surface area contributed by atoms with Crippen molar-refractivity contribution in [3.63, 3.8) is 0 Å². The number of thioether (sulfide) groups is 1. The number of nitrogen functional groups attached to an aromatic ring is 1. The lowest BCUT2D eigenvalue weighted by atomic mass is 10.1. The Morgan fingerprint density at radius 2 is 1.95 bits per heavy atom. The van der Waals surface area contributed by atoms with Crippen molar-refractivity contribution in [2.45, 2.75) is 24.5 Å². The van der Waals surface area contributed by atoms with E-state index in [0.717, 1.165) is 22.6 Å². The first-order valence-corrected chi connectivity index (χ1v) is 7.71. The molecule has 21 heavy (non-hydrogen) atoms. The molecule has 0 unspecified atom stereocenters. The van der Waals surface area contributed by atoms with Crippen LogP contribution in [0.5, 0.6) is 5.75 Å². The van der Waals surface area contributed by atoms with Crippen LogP contribution >= 0.6 is 11.8 Å². The summed E-state index contributed by atoms with van der Waals surface area (Å²) in [4.78, 5) is 1.27. The van der Waals surface area contributed by atoms with E-state index in [0.29, 0.717) is 0 Å². The maximum Gasteiger partial charge on any atom is 0.122 e. The zero-order valence-corrected chi connectivity index (χ0v) is 13.4. The van der Waals surface area contributed by atoms with Crippen LogP contribution in [0, 0.1) is 19.3 Å². The maximum atomic E-state index is 7.55. The van der Waals surface area contributed by atoms with Gasteiger partial charge in [0.25, 0.3) is 0 Å². The summed E-state index contributed by atoms with van der Waals surface area (Å²) in [6, 6.07) is 12.1. The first-order valence-electron chi connectivity index (χ1n) is 6.72. The molecule has 0 aliphatic rings. The zero-order valence-electron chi connectivity index (χ0n) is 12.6. The molecule has 2 rings (SSSR count). The van der Waals surface area contributed by atoms with E-state index in [4.69, 9.17) is 15.9 Å². The van der Waals surface area contributed by atoms with E-state index in [9.17, 15) is 0 Å². The summed E-state index contributed by atoms with van der Waals surface area (Å²) in [5.41, 5.74) is 9.87. The van der Waals surface area contributed by atoms with Crippen molar-refractivity contribution >= 4 is 17.6 Å². The topological polar surface area (TPSA) is 59.1 Å². The van der Waals surface area contributed by atoms with Crippen LogP contribution in [-0.2, 0) is 5.75 Å². The number of nitrogens with two attached hydrogens (primary N) is 1. The van der Waals surface area contributed by atoms with Crippen LogP contribution < -0.4 is 10.5 Å². The Hall–Kier alpha value is -1.94. The highest BCUT2D eigenvalue weighted by atomic mass is 32.2. The van der Waals surface area contributed by atoms with Crippen LogP contribution in [0.2, 0.25) is 0 Å².